The van der Waals surface area contributed by atoms with E-state index in [-0.39, 0.29) is 18.0 Å². The molecule has 1 fully saturated rings. The molecule has 0 radical (unpaired) electrons. The Labute approximate surface area is 118 Å². The molecule has 0 bridgehead atoms. The van der Waals surface area contributed by atoms with Crippen LogP contribution in [-0.2, 0) is 6.42 Å². The Morgan fingerprint density at radius 2 is 2.35 bits per heavy atom. The molecule has 1 saturated carbocycles. The highest BCUT2D eigenvalue weighted by Gasteiger charge is 2.26. The predicted molar refractivity (Wildman–Crippen MR) is 77.5 cm³/mol. The van der Waals surface area contributed by atoms with Crippen molar-refractivity contribution in [1.82, 2.24) is 15.2 Å². The molecule has 0 atom stereocenters. The van der Waals surface area contributed by atoms with E-state index in [9.17, 15) is 4.79 Å². The van der Waals surface area contributed by atoms with Crippen LogP contribution in [0.25, 0.3) is 0 Å². The largest absolute Gasteiger partial charge is 0.370 e. The zero-order valence-corrected chi connectivity index (χ0v) is 11.7. The number of pyridine rings is 1. The lowest BCUT2D eigenvalue weighted by atomic mass is 10.1. The number of aryl methyl sites for hydroxylation is 2. The molecule has 108 valence electrons. The number of guanidine groups is 1. The maximum absolute atomic E-state index is 11.9. The molecule has 1 heterocycles. The number of amides is 2. The molecule has 1 aromatic heterocycles. The molecule has 4 N–H and O–H groups in total. The molecular formula is C14H21N5O. The molecular weight excluding hydrogens is 254 g/mol. The first-order chi connectivity index (χ1) is 9.58. The number of nitrogens with zero attached hydrogens (tertiary/aromatic N) is 2. The molecule has 2 rings (SSSR count). The van der Waals surface area contributed by atoms with Gasteiger partial charge in [-0.3, -0.25) is 15.3 Å². The van der Waals surface area contributed by atoms with E-state index in [0.717, 1.165) is 36.9 Å². The zero-order chi connectivity index (χ0) is 14.5. The van der Waals surface area contributed by atoms with Crippen LogP contribution in [0.1, 0.15) is 30.5 Å². The summed E-state index contributed by atoms with van der Waals surface area (Å²) in [6.07, 6.45) is 5.31. The molecule has 0 saturated heterocycles. The topological polar surface area (TPSA) is 95.1 Å². The van der Waals surface area contributed by atoms with Gasteiger partial charge in [-0.25, -0.2) is 4.79 Å². The molecule has 6 nitrogen and oxygen atoms in total. The minimum Gasteiger partial charge on any atom is -0.370 e. The number of rotatable bonds is 5. The molecule has 2 amide bonds. The third-order valence-corrected chi connectivity index (χ3v) is 3.35. The van der Waals surface area contributed by atoms with E-state index in [1.807, 2.05) is 19.1 Å². The fraction of sp³-hybridized carbons (Fsp3) is 0.500. The van der Waals surface area contributed by atoms with E-state index in [2.05, 4.69) is 10.3 Å². The van der Waals surface area contributed by atoms with Crippen LogP contribution in [-0.4, -0.2) is 34.5 Å². The van der Waals surface area contributed by atoms with Gasteiger partial charge in [0.15, 0.2) is 5.96 Å². The number of aromatic nitrogens is 1. The molecule has 0 aromatic carbocycles. The van der Waals surface area contributed by atoms with Crippen LogP contribution in [0.5, 0.6) is 0 Å². The number of hydrogen-bond donors (Lipinski definition) is 3. The molecule has 0 spiro atoms. The Hall–Kier alpha value is -2.11. The molecule has 0 unspecified atom stereocenters. The van der Waals surface area contributed by atoms with E-state index < -0.39 is 0 Å². The molecule has 6 heteroatoms. The van der Waals surface area contributed by atoms with Gasteiger partial charge < -0.3 is 11.1 Å². The summed E-state index contributed by atoms with van der Waals surface area (Å²) < 4.78 is 0. The van der Waals surface area contributed by atoms with Crippen LogP contribution in [0.4, 0.5) is 4.79 Å². The number of urea groups is 1. The van der Waals surface area contributed by atoms with Crippen molar-refractivity contribution in [2.45, 2.75) is 38.6 Å². The first-order valence-corrected chi connectivity index (χ1v) is 6.90. The Balaban J connectivity index is 1.84. The van der Waals surface area contributed by atoms with Crippen LogP contribution >= 0.6 is 0 Å². The average molecular weight is 275 g/mol. The quantitative estimate of drug-likeness (QED) is 0.559. The van der Waals surface area contributed by atoms with Gasteiger partial charge >= 0.3 is 6.03 Å². The lowest BCUT2D eigenvalue weighted by Crippen LogP contribution is -2.48. The lowest BCUT2D eigenvalue weighted by molar-refractivity contribution is 0.219. The second-order valence-corrected chi connectivity index (χ2v) is 5.13. The van der Waals surface area contributed by atoms with Crippen molar-refractivity contribution in [2.24, 2.45) is 5.73 Å². The van der Waals surface area contributed by atoms with Gasteiger partial charge in [0.25, 0.3) is 0 Å². The first-order valence-electron chi connectivity index (χ1n) is 6.90. The van der Waals surface area contributed by atoms with Crippen LogP contribution in [0.15, 0.2) is 18.3 Å². The number of hydrogen-bond acceptors (Lipinski definition) is 3. The standard InChI is InChI=1S/C14H21N5O/c1-10-4-2-8-17-12(10)5-3-9-19(13(15)16)14(20)18-11-6-7-11/h2,4,8,11H,3,5-7,9H2,1H3,(H3,15,16)(H,18,20). The van der Waals surface area contributed by atoms with Crippen molar-refractivity contribution < 1.29 is 4.79 Å². The van der Waals surface area contributed by atoms with Crippen molar-refractivity contribution in [3.05, 3.63) is 29.6 Å². The summed E-state index contributed by atoms with van der Waals surface area (Å²) >= 11 is 0. The van der Waals surface area contributed by atoms with Gasteiger partial charge in [0.05, 0.1) is 0 Å². The first kappa shape index (κ1) is 14.3. The van der Waals surface area contributed by atoms with Crippen molar-refractivity contribution in [2.75, 3.05) is 6.54 Å². The Kier molecular flexibility index (Phi) is 4.55. The summed E-state index contributed by atoms with van der Waals surface area (Å²) in [5, 5.41) is 10.3. The monoisotopic (exact) mass is 275 g/mol. The van der Waals surface area contributed by atoms with E-state index in [4.69, 9.17) is 11.1 Å². The highest BCUT2D eigenvalue weighted by molar-refractivity contribution is 5.94. The van der Waals surface area contributed by atoms with Crippen molar-refractivity contribution in [1.29, 1.82) is 5.41 Å². The van der Waals surface area contributed by atoms with E-state index >= 15 is 0 Å². The van der Waals surface area contributed by atoms with Gasteiger partial charge in [-0.15, -0.1) is 0 Å². The van der Waals surface area contributed by atoms with Crippen molar-refractivity contribution in [3.63, 3.8) is 0 Å². The third-order valence-electron chi connectivity index (χ3n) is 3.35. The minimum atomic E-state index is -0.266. The fourth-order valence-corrected chi connectivity index (χ4v) is 2.00. The molecule has 20 heavy (non-hydrogen) atoms. The summed E-state index contributed by atoms with van der Waals surface area (Å²) in [7, 11) is 0. The molecule has 1 aliphatic carbocycles. The summed E-state index contributed by atoms with van der Waals surface area (Å²) in [5.41, 5.74) is 7.65. The van der Waals surface area contributed by atoms with Gasteiger partial charge in [-0.1, -0.05) is 6.07 Å². The smallest absolute Gasteiger partial charge is 0.324 e. The SMILES string of the molecule is Cc1cccnc1CCCN(C(=N)N)C(=O)NC1CC1. The fourth-order valence-electron chi connectivity index (χ4n) is 2.00. The summed E-state index contributed by atoms with van der Waals surface area (Å²) in [4.78, 5) is 17.5. The summed E-state index contributed by atoms with van der Waals surface area (Å²) in [6, 6.07) is 3.93. The van der Waals surface area contributed by atoms with Crippen LogP contribution in [0.3, 0.4) is 0 Å². The second-order valence-electron chi connectivity index (χ2n) is 5.13. The normalized spacial score (nSPS) is 13.8. The lowest BCUT2D eigenvalue weighted by Gasteiger charge is -2.21. The third kappa shape index (κ3) is 3.94. The Morgan fingerprint density at radius 1 is 1.60 bits per heavy atom. The van der Waals surface area contributed by atoms with Crippen molar-refractivity contribution >= 4 is 12.0 Å². The number of nitrogens with one attached hydrogen (secondary N) is 2. The van der Waals surface area contributed by atoms with Crippen molar-refractivity contribution in [3.8, 4) is 0 Å². The van der Waals surface area contributed by atoms with Gasteiger partial charge in [0.2, 0.25) is 0 Å². The Morgan fingerprint density at radius 3 is 2.95 bits per heavy atom. The summed E-state index contributed by atoms with van der Waals surface area (Å²) in [6.45, 7) is 2.45. The van der Waals surface area contributed by atoms with Crippen LogP contribution in [0.2, 0.25) is 0 Å². The number of carbonyl (C=O) groups excluding carboxylic acids is 1. The van der Waals surface area contributed by atoms with Gasteiger partial charge in [-0.05, 0) is 44.2 Å². The maximum Gasteiger partial charge on any atom is 0.324 e. The highest BCUT2D eigenvalue weighted by Crippen LogP contribution is 2.19. The molecule has 1 aliphatic rings. The second kappa shape index (κ2) is 6.36. The van der Waals surface area contributed by atoms with Gasteiger partial charge in [0.1, 0.15) is 0 Å². The van der Waals surface area contributed by atoms with Crippen LogP contribution < -0.4 is 11.1 Å². The molecule has 0 aliphatic heterocycles. The Bertz CT molecular complexity index is 498. The highest BCUT2D eigenvalue weighted by atomic mass is 16.2. The van der Waals surface area contributed by atoms with E-state index in [0.29, 0.717) is 6.54 Å². The molecule has 1 aromatic rings. The maximum atomic E-state index is 11.9. The minimum absolute atomic E-state index is 0.208. The summed E-state index contributed by atoms with van der Waals surface area (Å²) in [5.74, 6) is -0.208. The van der Waals surface area contributed by atoms with Gasteiger partial charge in [-0.2, -0.15) is 0 Å². The predicted octanol–water partition coefficient (Wildman–Crippen LogP) is 1.39. The number of nitrogens with two attached hydrogens (primary N) is 1. The zero-order valence-electron chi connectivity index (χ0n) is 11.7. The van der Waals surface area contributed by atoms with Gasteiger partial charge in [0, 0.05) is 24.5 Å². The average Bonchev–Trinajstić information content (AvgIpc) is 3.19. The van der Waals surface area contributed by atoms with E-state index in [1.54, 1.807) is 6.20 Å². The van der Waals surface area contributed by atoms with Crippen LogP contribution in [0, 0.1) is 12.3 Å². The number of carbonyl (C=O) groups is 1. The van der Waals surface area contributed by atoms with E-state index in [1.165, 1.54) is 4.90 Å².